The summed E-state index contributed by atoms with van der Waals surface area (Å²) in [6.07, 6.45) is 1.48. The number of nitrogens with zero attached hydrogens (tertiary/aromatic N) is 1. The van der Waals surface area contributed by atoms with Crippen LogP contribution in [0.5, 0.6) is 0 Å². The molecule has 2 aromatic rings. The first-order valence-corrected chi connectivity index (χ1v) is 6.29. The van der Waals surface area contributed by atoms with Gasteiger partial charge in [-0.15, -0.1) is 0 Å². The first-order chi connectivity index (χ1) is 9.66. The van der Waals surface area contributed by atoms with E-state index in [9.17, 15) is 15.1 Å². The third-order valence-corrected chi connectivity index (χ3v) is 2.94. The van der Waals surface area contributed by atoms with Crippen molar-refractivity contribution in [1.82, 2.24) is 0 Å². The summed E-state index contributed by atoms with van der Waals surface area (Å²) < 4.78 is 0.505. The lowest BCUT2D eigenvalue weighted by atomic mass is 10.1. The molecule has 0 saturated heterocycles. The molecule has 0 spiro atoms. The van der Waals surface area contributed by atoms with Gasteiger partial charge in [-0.1, -0.05) is 48.5 Å². The minimum atomic E-state index is -1.13. The largest absolute Gasteiger partial charge is 0.623 e. The van der Waals surface area contributed by atoms with Gasteiger partial charge in [0.1, 0.15) is 0 Å². The monoisotopic (exact) mass is 269 g/mol. The molecule has 102 valence electrons. The maximum atomic E-state index is 12.0. The van der Waals surface area contributed by atoms with E-state index >= 15 is 0 Å². The number of hydrogen-bond acceptors (Lipinski definition) is 2. The van der Waals surface area contributed by atoms with E-state index in [-0.39, 0.29) is 6.42 Å². The Morgan fingerprint density at radius 3 is 2.20 bits per heavy atom. The van der Waals surface area contributed by atoms with E-state index in [0.717, 1.165) is 5.56 Å². The van der Waals surface area contributed by atoms with E-state index in [0.29, 0.717) is 10.3 Å². The van der Waals surface area contributed by atoms with Gasteiger partial charge in [0.25, 0.3) is 6.04 Å². The summed E-state index contributed by atoms with van der Waals surface area (Å²) in [6.45, 7) is 0. The third-order valence-electron chi connectivity index (χ3n) is 2.94. The van der Waals surface area contributed by atoms with Crippen molar-refractivity contribution in [3.63, 3.8) is 0 Å². The molecule has 2 rings (SSSR count). The molecular formula is C16H15NO3. The summed E-state index contributed by atoms with van der Waals surface area (Å²) in [6, 6.07) is 16.9. The molecule has 4 heteroatoms. The second-order valence-electron chi connectivity index (χ2n) is 4.44. The molecule has 0 aliphatic heterocycles. The van der Waals surface area contributed by atoms with Crippen molar-refractivity contribution in [2.75, 3.05) is 0 Å². The van der Waals surface area contributed by atoms with Crippen molar-refractivity contribution in [3.8, 4) is 0 Å². The molecule has 0 aliphatic carbocycles. The Balaban J connectivity index is 2.21. The van der Waals surface area contributed by atoms with Crippen LogP contribution < -0.4 is 0 Å². The Bertz CT molecular complexity index is 594. The first-order valence-electron chi connectivity index (χ1n) is 6.29. The topological polar surface area (TPSA) is 63.4 Å². The second-order valence-corrected chi connectivity index (χ2v) is 4.44. The summed E-state index contributed by atoms with van der Waals surface area (Å²) in [5, 5.41) is 21.3. The average Bonchev–Trinajstić information content (AvgIpc) is 2.46. The van der Waals surface area contributed by atoms with Crippen LogP contribution in [0.1, 0.15) is 11.1 Å². The number of carbonyl (C=O) groups is 1. The van der Waals surface area contributed by atoms with E-state index in [4.69, 9.17) is 0 Å². The van der Waals surface area contributed by atoms with Gasteiger partial charge in [-0.25, -0.2) is 4.79 Å². The molecule has 0 radical (unpaired) electrons. The molecule has 0 aliphatic rings. The number of carboxylic acid groups (broad SMARTS) is 1. The van der Waals surface area contributed by atoms with E-state index in [2.05, 4.69) is 0 Å². The lowest BCUT2D eigenvalue weighted by molar-refractivity contribution is -0.483. The Hall–Kier alpha value is -2.62. The van der Waals surface area contributed by atoms with Crippen LogP contribution in [0.15, 0.2) is 60.7 Å². The summed E-state index contributed by atoms with van der Waals surface area (Å²) in [5.41, 5.74) is 1.50. The zero-order chi connectivity index (χ0) is 14.4. The summed E-state index contributed by atoms with van der Waals surface area (Å²) in [4.78, 5) is 11.3. The van der Waals surface area contributed by atoms with Gasteiger partial charge in [0, 0.05) is 12.0 Å². The van der Waals surface area contributed by atoms with E-state index < -0.39 is 12.0 Å². The first kappa shape index (κ1) is 13.8. The molecule has 1 atom stereocenters. The standard InChI is InChI=1S/C16H15NO3/c18-16(19)15(11-13-7-3-1-4-8-13)17(20)12-14-9-5-2-6-10-14/h1-10,12,15H,11H2,(H,18,19)/b17-12-. The number of hydroxylamine groups is 1. The Morgan fingerprint density at radius 2 is 1.65 bits per heavy atom. The zero-order valence-electron chi connectivity index (χ0n) is 10.8. The van der Waals surface area contributed by atoms with Crippen LogP contribution in [-0.4, -0.2) is 28.1 Å². The highest BCUT2D eigenvalue weighted by Gasteiger charge is 2.25. The highest BCUT2D eigenvalue weighted by molar-refractivity contribution is 5.78. The van der Waals surface area contributed by atoms with Gasteiger partial charge >= 0.3 is 5.97 Å². The maximum Gasteiger partial charge on any atom is 0.374 e. The second kappa shape index (κ2) is 6.52. The van der Waals surface area contributed by atoms with Crippen LogP contribution in [0.2, 0.25) is 0 Å². The normalized spacial score (nSPS) is 12.9. The van der Waals surface area contributed by atoms with E-state index in [1.165, 1.54) is 6.21 Å². The molecule has 4 nitrogen and oxygen atoms in total. The molecule has 0 fully saturated rings. The van der Waals surface area contributed by atoms with Gasteiger partial charge < -0.3 is 10.3 Å². The quantitative estimate of drug-likeness (QED) is 0.392. The van der Waals surface area contributed by atoms with Gasteiger partial charge in [-0.2, -0.15) is 4.74 Å². The van der Waals surface area contributed by atoms with Crippen molar-refractivity contribution in [3.05, 3.63) is 77.0 Å². The Morgan fingerprint density at radius 1 is 1.10 bits per heavy atom. The van der Waals surface area contributed by atoms with Crippen molar-refractivity contribution >= 4 is 12.2 Å². The predicted molar refractivity (Wildman–Crippen MR) is 76.8 cm³/mol. The Kier molecular flexibility index (Phi) is 4.50. The molecule has 0 aromatic heterocycles. The van der Waals surface area contributed by atoms with Gasteiger partial charge in [0.2, 0.25) is 0 Å². The maximum absolute atomic E-state index is 12.0. The molecule has 0 bridgehead atoms. The minimum absolute atomic E-state index is 0.170. The van der Waals surface area contributed by atoms with Crippen molar-refractivity contribution < 1.29 is 14.6 Å². The summed E-state index contributed by atoms with van der Waals surface area (Å²) in [7, 11) is 0. The molecule has 0 amide bonds. The molecule has 0 heterocycles. The van der Waals surface area contributed by atoms with Gasteiger partial charge in [0.05, 0.1) is 0 Å². The van der Waals surface area contributed by atoms with Gasteiger partial charge in [-0.3, -0.25) is 0 Å². The van der Waals surface area contributed by atoms with Crippen LogP contribution in [0.4, 0.5) is 0 Å². The minimum Gasteiger partial charge on any atom is -0.623 e. The van der Waals surface area contributed by atoms with Crippen molar-refractivity contribution in [2.45, 2.75) is 12.5 Å². The molecule has 20 heavy (non-hydrogen) atoms. The highest BCUT2D eigenvalue weighted by atomic mass is 16.5. The van der Waals surface area contributed by atoms with Crippen LogP contribution in [-0.2, 0) is 11.2 Å². The smallest absolute Gasteiger partial charge is 0.374 e. The molecule has 2 aromatic carbocycles. The van der Waals surface area contributed by atoms with Crippen LogP contribution in [0, 0.1) is 5.21 Å². The summed E-state index contributed by atoms with van der Waals surface area (Å²) in [5.74, 6) is -1.13. The number of hydrogen-bond donors (Lipinski definition) is 1. The van der Waals surface area contributed by atoms with Crippen molar-refractivity contribution in [2.24, 2.45) is 0 Å². The molecule has 0 saturated carbocycles. The fourth-order valence-electron chi connectivity index (χ4n) is 1.90. The van der Waals surface area contributed by atoms with Crippen LogP contribution >= 0.6 is 0 Å². The molecular weight excluding hydrogens is 254 g/mol. The fourth-order valence-corrected chi connectivity index (χ4v) is 1.90. The lowest BCUT2D eigenvalue weighted by Gasteiger charge is -2.13. The average molecular weight is 269 g/mol. The van der Waals surface area contributed by atoms with Crippen LogP contribution in [0.25, 0.3) is 0 Å². The summed E-state index contributed by atoms with van der Waals surface area (Å²) >= 11 is 0. The van der Waals surface area contributed by atoms with Crippen molar-refractivity contribution in [1.29, 1.82) is 0 Å². The molecule has 1 N–H and O–H groups in total. The predicted octanol–water partition coefficient (Wildman–Crippen LogP) is 2.31. The Labute approximate surface area is 117 Å². The van der Waals surface area contributed by atoms with Gasteiger partial charge in [-0.05, 0) is 17.7 Å². The van der Waals surface area contributed by atoms with Crippen LogP contribution in [0.3, 0.4) is 0 Å². The van der Waals surface area contributed by atoms with E-state index in [1.54, 1.807) is 24.3 Å². The molecule has 1 unspecified atom stereocenters. The number of carboxylic acids is 1. The SMILES string of the molecule is O=C(O)C(Cc1ccccc1)/[N+]([O-])=C/c1ccccc1. The number of aliphatic carboxylic acids is 1. The lowest BCUT2D eigenvalue weighted by Crippen LogP contribution is -2.33. The van der Waals surface area contributed by atoms with Gasteiger partial charge in [0.15, 0.2) is 6.21 Å². The highest BCUT2D eigenvalue weighted by Crippen LogP contribution is 2.06. The third kappa shape index (κ3) is 3.68. The number of rotatable bonds is 5. The van der Waals surface area contributed by atoms with E-state index in [1.807, 2.05) is 36.4 Å². The fraction of sp³-hybridized carbons (Fsp3) is 0.125. The zero-order valence-corrected chi connectivity index (χ0v) is 10.8. The number of benzene rings is 2.